The van der Waals surface area contributed by atoms with Crippen LogP contribution in [0.4, 0.5) is 5.69 Å². The third kappa shape index (κ3) is 2.94. The number of benzene rings is 1. The van der Waals surface area contributed by atoms with Gasteiger partial charge in [0.05, 0.1) is 4.90 Å². The van der Waals surface area contributed by atoms with Gasteiger partial charge in [0.1, 0.15) is 0 Å². The van der Waals surface area contributed by atoms with Crippen molar-refractivity contribution in [2.24, 2.45) is 0 Å². The van der Waals surface area contributed by atoms with Gasteiger partial charge in [-0.3, -0.25) is 4.21 Å². The Balaban J connectivity index is 2.42. The number of nitrogens with two attached hydrogens (primary N) is 1. The maximum atomic E-state index is 12.5. The number of hydrogen-bond donors (Lipinski definition) is 1. The molecule has 0 spiro atoms. The van der Waals surface area contributed by atoms with Gasteiger partial charge in [-0.05, 0) is 24.6 Å². The number of halogens is 1. The minimum absolute atomic E-state index is 0.130. The molecule has 0 bridgehead atoms. The molecule has 0 amide bonds. The molecule has 0 aliphatic carbocycles. The molecule has 1 aromatic carbocycles. The molecule has 1 heterocycles. The van der Waals surface area contributed by atoms with Gasteiger partial charge in [0.25, 0.3) is 0 Å². The Morgan fingerprint density at radius 2 is 1.89 bits per heavy atom. The predicted molar refractivity (Wildman–Crippen MR) is 77.2 cm³/mol. The Bertz CT molecular complexity index is 621. The van der Waals surface area contributed by atoms with Gasteiger partial charge in [0.2, 0.25) is 10.0 Å². The van der Waals surface area contributed by atoms with Gasteiger partial charge < -0.3 is 5.73 Å². The van der Waals surface area contributed by atoms with Crippen LogP contribution in [-0.2, 0) is 20.8 Å². The van der Waals surface area contributed by atoms with E-state index in [1.54, 1.807) is 6.92 Å². The van der Waals surface area contributed by atoms with Crippen LogP contribution < -0.4 is 5.73 Å². The lowest BCUT2D eigenvalue weighted by Crippen LogP contribution is -2.41. The summed E-state index contributed by atoms with van der Waals surface area (Å²) in [6.45, 7) is 2.18. The Morgan fingerprint density at radius 3 is 2.47 bits per heavy atom. The van der Waals surface area contributed by atoms with Crippen LogP contribution in [0.5, 0.6) is 0 Å². The van der Waals surface area contributed by atoms with E-state index in [1.165, 1.54) is 16.4 Å². The molecule has 0 unspecified atom stereocenters. The number of anilines is 1. The predicted octanol–water partition coefficient (Wildman–Crippen LogP) is 0.984. The molecule has 5 nitrogen and oxygen atoms in total. The summed E-state index contributed by atoms with van der Waals surface area (Å²) in [4.78, 5) is 0.130. The molecule has 0 atom stereocenters. The second-order valence-electron chi connectivity index (χ2n) is 4.37. The van der Waals surface area contributed by atoms with Crippen molar-refractivity contribution < 1.29 is 12.6 Å². The van der Waals surface area contributed by atoms with Gasteiger partial charge in [-0.15, -0.1) is 0 Å². The second kappa shape index (κ2) is 5.40. The lowest BCUT2D eigenvalue weighted by molar-refractivity contribution is 0.438. The minimum atomic E-state index is -3.63. The Morgan fingerprint density at radius 1 is 1.32 bits per heavy atom. The zero-order chi connectivity index (χ0) is 14.2. The number of nitrogens with zero attached hydrogens (tertiary/aromatic N) is 1. The quantitative estimate of drug-likeness (QED) is 0.823. The molecule has 0 radical (unpaired) electrons. The van der Waals surface area contributed by atoms with E-state index in [-0.39, 0.29) is 18.0 Å². The first-order valence-electron chi connectivity index (χ1n) is 5.73. The molecule has 8 heteroatoms. The smallest absolute Gasteiger partial charge is 0.243 e. The molecule has 2 rings (SSSR count). The second-order valence-corrected chi connectivity index (χ2v) is 8.41. The summed E-state index contributed by atoms with van der Waals surface area (Å²) in [5, 5.41) is 0.294. The van der Waals surface area contributed by atoms with Crippen LogP contribution in [0.15, 0.2) is 17.0 Å². The van der Waals surface area contributed by atoms with Gasteiger partial charge in [-0.1, -0.05) is 11.6 Å². The molecule has 1 saturated heterocycles. The lowest BCUT2D eigenvalue weighted by Gasteiger charge is -2.26. The highest BCUT2D eigenvalue weighted by Crippen LogP contribution is 2.28. The molecule has 1 aliphatic rings. The van der Waals surface area contributed by atoms with E-state index in [0.717, 1.165) is 0 Å². The minimum Gasteiger partial charge on any atom is -0.398 e. The van der Waals surface area contributed by atoms with Crippen molar-refractivity contribution in [2.75, 3.05) is 30.3 Å². The normalized spacial score (nSPS) is 18.6. The van der Waals surface area contributed by atoms with Crippen molar-refractivity contribution >= 4 is 38.1 Å². The summed E-state index contributed by atoms with van der Waals surface area (Å²) >= 11 is 5.88. The first-order chi connectivity index (χ1) is 8.82. The van der Waals surface area contributed by atoms with E-state index in [2.05, 4.69) is 0 Å². The summed E-state index contributed by atoms with van der Waals surface area (Å²) in [5.41, 5.74) is 6.60. The van der Waals surface area contributed by atoms with E-state index < -0.39 is 20.8 Å². The van der Waals surface area contributed by atoms with Crippen LogP contribution in [-0.4, -0.2) is 41.5 Å². The SMILES string of the molecule is Cc1c(N)cc(Cl)cc1S(=O)(=O)N1CCS(=O)CC1. The largest absolute Gasteiger partial charge is 0.398 e. The maximum Gasteiger partial charge on any atom is 0.243 e. The summed E-state index contributed by atoms with van der Waals surface area (Å²) in [6, 6.07) is 2.94. The highest BCUT2D eigenvalue weighted by Gasteiger charge is 2.30. The van der Waals surface area contributed by atoms with Crippen LogP contribution in [0, 0.1) is 6.92 Å². The number of sulfonamides is 1. The topological polar surface area (TPSA) is 80.5 Å². The Labute approximate surface area is 120 Å². The van der Waals surface area contributed by atoms with Gasteiger partial charge >= 0.3 is 0 Å². The molecule has 106 valence electrons. The first-order valence-corrected chi connectivity index (χ1v) is 9.03. The van der Waals surface area contributed by atoms with Crippen LogP contribution in [0.1, 0.15) is 5.56 Å². The number of rotatable bonds is 2. The first kappa shape index (κ1) is 14.8. The zero-order valence-corrected chi connectivity index (χ0v) is 12.8. The fourth-order valence-corrected chi connectivity index (χ4v) is 5.24. The molecule has 0 aromatic heterocycles. The Kier molecular flexibility index (Phi) is 4.20. The van der Waals surface area contributed by atoms with Gasteiger partial charge in [-0.2, -0.15) is 4.31 Å². The monoisotopic (exact) mass is 322 g/mol. The third-order valence-electron chi connectivity index (χ3n) is 3.12. The zero-order valence-electron chi connectivity index (χ0n) is 10.4. The van der Waals surface area contributed by atoms with Crippen molar-refractivity contribution in [3.63, 3.8) is 0 Å². The van der Waals surface area contributed by atoms with Gasteiger partial charge in [0.15, 0.2) is 0 Å². The fraction of sp³-hybridized carbons (Fsp3) is 0.455. The standard InChI is InChI=1S/C11H15ClN2O3S2/c1-8-10(13)6-9(12)7-11(8)19(16,17)14-2-4-18(15)5-3-14/h6-7H,2-5,13H2,1H3. The lowest BCUT2D eigenvalue weighted by atomic mass is 10.2. The average Bonchev–Trinajstić information content (AvgIpc) is 2.34. The molecular formula is C11H15ClN2O3S2. The fourth-order valence-electron chi connectivity index (χ4n) is 1.94. The van der Waals surface area contributed by atoms with E-state index >= 15 is 0 Å². The number of hydrogen-bond acceptors (Lipinski definition) is 4. The van der Waals surface area contributed by atoms with Crippen molar-refractivity contribution in [1.29, 1.82) is 0 Å². The highest BCUT2D eigenvalue weighted by molar-refractivity contribution is 7.89. The van der Waals surface area contributed by atoms with Crippen molar-refractivity contribution in [1.82, 2.24) is 4.31 Å². The van der Waals surface area contributed by atoms with E-state index in [1.807, 2.05) is 0 Å². The van der Waals surface area contributed by atoms with E-state index in [9.17, 15) is 12.6 Å². The average molecular weight is 323 g/mol. The molecule has 0 saturated carbocycles. The molecular weight excluding hydrogens is 308 g/mol. The third-order valence-corrected chi connectivity index (χ3v) is 6.64. The summed E-state index contributed by atoms with van der Waals surface area (Å²) in [7, 11) is -4.55. The number of nitrogen functional groups attached to an aromatic ring is 1. The maximum absolute atomic E-state index is 12.5. The van der Waals surface area contributed by atoms with Crippen LogP contribution in [0.2, 0.25) is 5.02 Å². The molecule has 2 N–H and O–H groups in total. The van der Waals surface area contributed by atoms with Crippen LogP contribution in [0.3, 0.4) is 0 Å². The molecule has 1 aliphatic heterocycles. The van der Waals surface area contributed by atoms with Gasteiger partial charge in [0, 0.05) is 46.1 Å². The highest BCUT2D eigenvalue weighted by atomic mass is 35.5. The summed E-state index contributed by atoms with van der Waals surface area (Å²) in [6.07, 6.45) is 0. The van der Waals surface area contributed by atoms with E-state index in [4.69, 9.17) is 17.3 Å². The van der Waals surface area contributed by atoms with Gasteiger partial charge in [-0.25, -0.2) is 8.42 Å². The molecule has 19 heavy (non-hydrogen) atoms. The van der Waals surface area contributed by atoms with Crippen molar-refractivity contribution in [3.05, 3.63) is 22.7 Å². The van der Waals surface area contributed by atoms with Crippen molar-refractivity contribution in [3.8, 4) is 0 Å². The van der Waals surface area contributed by atoms with Crippen molar-refractivity contribution in [2.45, 2.75) is 11.8 Å². The molecule has 1 fully saturated rings. The summed E-state index contributed by atoms with van der Waals surface area (Å²) < 4.78 is 37.7. The molecule has 1 aromatic rings. The van der Waals surface area contributed by atoms with Crippen LogP contribution in [0.25, 0.3) is 0 Å². The van der Waals surface area contributed by atoms with E-state index in [0.29, 0.717) is 27.8 Å². The van der Waals surface area contributed by atoms with Crippen LogP contribution >= 0.6 is 11.6 Å². The Hall–Kier alpha value is -0.630. The summed E-state index contributed by atoms with van der Waals surface area (Å²) in [5.74, 6) is 0.739.